The summed E-state index contributed by atoms with van der Waals surface area (Å²) in [6, 6.07) is 10.0. The molecular formula is C26H31N3O. The van der Waals surface area contributed by atoms with E-state index < -0.39 is 0 Å². The number of carbonyl (C=O) groups is 1. The molecule has 2 aliphatic rings. The van der Waals surface area contributed by atoms with Crippen LogP contribution in [0.5, 0.6) is 0 Å². The van der Waals surface area contributed by atoms with Crippen molar-refractivity contribution in [3.8, 4) is 6.07 Å². The van der Waals surface area contributed by atoms with Gasteiger partial charge >= 0.3 is 0 Å². The third-order valence-electron chi connectivity index (χ3n) is 5.96. The molecule has 0 aromatic heterocycles. The minimum atomic E-state index is -0.0312. The number of carbonyl (C=O) groups excluding carboxylic acids is 1. The first-order valence-electron chi connectivity index (χ1n) is 10.9. The van der Waals surface area contributed by atoms with E-state index in [1.54, 1.807) is 6.08 Å². The van der Waals surface area contributed by atoms with Crippen LogP contribution in [0.4, 0.5) is 5.69 Å². The van der Waals surface area contributed by atoms with Crippen LogP contribution in [0.3, 0.4) is 0 Å². The number of piperidine rings is 1. The topological polar surface area (TPSA) is 56.1 Å². The molecule has 2 atom stereocenters. The molecule has 2 fully saturated rings. The van der Waals surface area contributed by atoms with Crippen molar-refractivity contribution in [3.63, 3.8) is 0 Å². The smallest absolute Gasteiger partial charge is 0.243 e. The monoisotopic (exact) mass is 401 g/mol. The summed E-state index contributed by atoms with van der Waals surface area (Å²) in [5.41, 5.74) is 2.93. The van der Waals surface area contributed by atoms with E-state index in [2.05, 4.69) is 29.3 Å². The van der Waals surface area contributed by atoms with Gasteiger partial charge in [0.2, 0.25) is 5.91 Å². The number of allylic oxidation sites excluding steroid dienone is 7. The lowest BCUT2D eigenvalue weighted by Crippen LogP contribution is -2.26. The first kappa shape index (κ1) is 21.6. The lowest BCUT2D eigenvalue weighted by atomic mass is 10.1. The van der Waals surface area contributed by atoms with E-state index in [-0.39, 0.29) is 5.91 Å². The maximum atomic E-state index is 12.1. The van der Waals surface area contributed by atoms with Gasteiger partial charge in [0.1, 0.15) is 0 Å². The molecule has 0 radical (unpaired) electrons. The van der Waals surface area contributed by atoms with Crippen molar-refractivity contribution in [3.05, 3.63) is 77.9 Å². The standard InChI is InChI=1S/C26H31N3O/c1-3-5-7-20(8-6-4-2)11-14-26(30)28-16-15-23-24-18-29(19-25(23)24)22-12-9-21(17-27)10-13-22/h3,5-14,23-25H,4,15-16,18-19H2,1-2H3,(H,28,30)/b5-3-,8-6+,14-11+,20-7+. The summed E-state index contributed by atoms with van der Waals surface area (Å²) < 4.78 is 0. The van der Waals surface area contributed by atoms with Gasteiger partial charge in [-0.3, -0.25) is 4.79 Å². The maximum absolute atomic E-state index is 12.1. The Balaban J connectivity index is 1.38. The van der Waals surface area contributed by atoms with Gasteiger partial charge in [-0.2, -0.15) is 5.26 Å². The number of hydrogen-bond donors (Lipinski definition) is 1. The first-order valence-corrected chi connectivity index (χ1v) is 10.9. The van der Waals surface area contributed by atoms with Gasteiger partial charge < -0.3 is 10.2 Å². The number of rotatable bonds is 9. The van der Waals surface area contributed by atoms with E-state index in [9.17, 15) is 4.79 Å². The molecule has 1 saturated heterocycles. The van der Waals surface area contributed by atoms with E-state index in [0.717, 1.165) is 55.8 Å². The zero-order valence-corrected chi connectivity index (χ0v) is 17.9. The molecule has 1 amide bonds. The first-order chi connectivity index (χ1) is 14.7. The van der Waals surface area contributed by atoms with E-state index in [4.69, 9.17) is 5.26 Å². The van der Waals surface area contributed by atoms with Crippen LogP contribution in [0.1, 0.15) is 32.3 Å². The third kappa shape index (κ3) is 5.73. The average Bonchev–Trinajstić information content (AvgIpc) is 3.21. The molecule has 30 heavy (non-hydrogen) atoms. The molecule has 156 valence electrons. The number of nitrogens with zero attached hydrogens (tertiary/aromatic N) is 2. The number of hydrogen-bond acceptors (Lipinski definition) is 3. The highest BCUT2D eigenvalue weighted by atomic mass is 16.1. The highest BCUT2D eigenvalue weighted by molar-refractivity contribution is 5.88. The maximum Gasteiger partial charge on any atom is 0.243 e. The van der Waals surface area contributed by atoms with Crippen molar-refractivity contribution >= 4 is 11.6 Å². The number of anilines is 1. The van der Waals surface area contributed by atoms with Gasteiger partial charge in [-0.05, 0) is 73.4 Å². The Morgan fingerprint density at radius 3 is 2.57 bits per heavy atom. The van der Waals surface area contributed by atoms with Gasteiger partial charge in [-0.1, -0.05) is 37.3 Å². The molecular weight excluding hydrogens is 370 g/mol. The van der Waals surface area contributed by atoms with Crippen molar-refractivity contribution in [2.24, 2.45) is 17.8 Å². The Morgan fingerprint density at radius 2 is 1.93 bits per heavy atom. The van der Waals surface area contributed by atoms with Crippen molar-refractivity contribution in [1.82, 2.24) is 5.32 Å². The minimum Gasteiger partial charge on any atom is -0.371 e. The molecule has 1 aliphatic carbocycles. The number of amides is 1. The van der Waals surface area contributed by atoms with Gasteiger partial charge in [0.25, 0.3) is 0 Å². The summed E-state index contributed by atoms with van der Waals surface area (Å²) in [5, 5.41) is 11.9. The van der Waals surface area contributed by atoms with Crippen molar-refractivity contribution in [2.75, 3.05) is 24.5 Å². The summed E-state index contributed by atoms with van der Waals surface area (Å²) in [5.74, 6) is 2.17. The van der Waals surface area contributed by atoms with E-state index >= 15 is 0 Å². The van der Waals surface area contributed by atoms with E-state index in [0.29, 0.717) is 5.56 Å². The number of nitrogens with one attached hydrogen (secondary N) is 1. The molecule has 2 unspecified atom stereocenters. The van der Waals surface area contributed by atoms with Crippen LogP contribution in [0, 0.1) is 29.1 Å². The fourth-order valence-corrected chi connectivity index (χ4v) is 4.26. The summed E-state index contributed by atoms with van der Waals surface area (Å²) in [6.07, 6.45) is 15.6. The Kier molecular flexibility index (Phi) is 7.68. The molecule has 4 nitrogen and oxygen atoms in total. The molecule has 0 spiro atoms. The predicted octanol–water partition coefficient (Wildman–Crippen LogP) is 4.77. The summed E-state index contributed by atoms with van der Waals surface area (Å²) in [7, 11) is 0. The van der Waals surface area contributed by atoms with Gasteiger partial charge in [-0.25, -0.2) is 0 Å². The highest BCUT2D eigenvalue weighted by Crippen LogP contribution is 2.54. The molecule has 1 aromatic rings. The molecule has 1 heterocycles. The molecule has 1 saturated carbocycles. The molecule has 0 bridgehead atoms. The van der Waals surface area contributed by atoms with Crippen LogP contribution in [-0.2, 0) is 4.79 Å². The van der Waals surface area contributed by atoms with E-state index in [1.807, 2.05) is 61.6 Å². The summed E-state index contributed by atoms with van der Waals surface area (Å²) >= 11 is 0. The van der Waals surface area contributed by atoms with Gasteiger partial charge in [0, 0.05) is 31.4 Å². The quantitative estimate of drug-likeness (QED) is 0.479. The van der Waals surface area contributed by atoms with Gasteiger partial charge in [-0.15, -0.1) is 0 Å². The zero-order chi connectivity index (χ0) is 21.3. The fourth-order valence-electron chi connectivity index (χ4n) is 4.26. The Morgan fingerprint density at radius 1 is 1.20 bits per heavy atom. The Hall–Kier alpha value is -3.06. The summed E-state index contributed by atoms with van der Waals surface area (Å²) in [6.45, 7) is 6.97. The normalized spacial score (nSPS) is 23.3. The van der Waals surface area contributed by atoms with Crippen molar-refractivity contribution in [1.29, 1.82) is 5.26 Å². The van der Waals surface area contributed by atoms with Crippen LogP contribution in [-0.4, -0.2) is 25.5 Å². The molecule has 3 rings (SSSR count). The van der Waals surface area contributed by atoms with E-state index in [1.165, 1.54) is 5.69 Å². The fraction of sp³-hybridized carbons (Fsp3) is 0.385. The summed E-state index contributed by atoms with van der Waals surface area (Å²) in [4.78, 5) is 14.5. The van der Waals surface area contributed by atoms with Crippen LogP contribution < -0.4 is 10.2 Å². The second kappa shape index (κ2) is 10.6. The lowest BCUT2D eigenvalue weighted by molar-refractivity contribution is -0.116. The SMILES string of the molecule is C\C=C/C=C(\C=C\CC)/C=C/C(=O)NCCC1C2CN(c3ccc(C#N)cc3)CC12. The molecule has 1 N–H and O–H groups in total. The van der Waals surface area contributed by atoms with Gasteiger partial charge in [0.05, 0.1) is 11.6 Å². The number of nitriles is 1. The highest BCUT2D eigenvalue weighted by Gasteiger charge is 2.54. The Labute approximate surface area is 180 Å². The average molecular weight is 402 g/mol. The van der Waals surface area contributed by atoms with Crippen LogP contribution in [0.25, 0.3) is 0 Å². The predicted molar refractivity (Wildman–Crippen MR) is 123 cm³/mol. The number of benzene rings is 1. The van der Waals surface area contributed by atoms with Crippen molar-refractivity contribution in [2.45, 2.75) is 26.7 Å². The Bertz CT molecular complexity index is 874. The number of fused-ring (bicyclic) bond motifs is 1. The van der Waals surface area contributed by atoms with Crippen LogP contribution in [0.15, 0.2) is 72.4 Å². The zero-order valence-electron chi connectivity index (χ0n) is 17.9. The second-order valence-corrected chi connectivity index (χ2v) is 7.97. The third-order valence-corrected chi connectivity index (χ3v) is 5.96. The second-order valence-electron chi connectivity index (χ2n) is 7.97. The minimum absolute atomic E-state index is 0.0312. The molecule has 1 aliphatic heterocycles. The molecule has 4 heteroatoms. The van der Waals surface area contributed by atoms with Crippen molar-refractivity contribution < 1.29 is 4.79 Å². The van der Waals surface area contributed by atoms with Crippen LogP contribution >= 0.6 is 0 Å². The molecule has 1 aromatic carbocycles. The largest absolute Gasteiger partial charge is 0.371 e. The van der Waals surface area contributed by atoms with Crippen LogP contribution in [0.2, 0.25) is 0 Å². The lowest BCUT2D eigenvalue weighted by Gasteiger charge is -2.22. The van der Waals surface area contributed by atoms with Gasteiger partial charge in [0.15, 0.2) is 0 Å².